The van der Waals surface area contributed by atoms with Crippen molar-refractivity contribution in [3.05, 3.63) is 53.2 Å². The quantitative estimate of drug-likeness (QED) is 0.708. The van der Waals surface area contributed by atoms with Crippen molar-refractivity contribution in [2.24, 2.45) is 0 Å². The Hall–Kier alpha value is -1.92. The van der Waals surface area contributed by atoms with E-state index < -0.39 is 0 Å². The van der Waals surface area contributed by atoms with E-state index in [1.807, 2.05) is 32.0 Å². The molecule has 2 aromatic rings. The second kappa shape index (κ2) is 7.91. The zero-order valence-electron chi connectivity index (χ0n) is 12.8. The fourth-order valence-corrected chi connectivity index (χ4v) is 2.37. The molecule has 2 heterocycles. The number of hydrogen-bond donors (Lipinski definition) is 3. The van der Waals surface area contributed by atoms with E-state index in [1.54, 1.807) is 12.4 Å². The van der Waals surface area contributed by atoms with Crippen LogP contribution in [0.3, 0.4) is 0 Å². The van der Waals surface area contributed by atoms with E-state index in [9.17, 15) is 0 Å². The van der Waals surface area contributed by atoms with Crippen LogP contribution in [0.1, 0.15) is 28.7 Å². The van der Waals surface area contributed by atoms with E-state index in [0.717, 1.165) is 29.1 Å². The minimum Gasteiger partial charge on any atom is -0.464 e. The van der Waals surface area contributed by atoms with Crippen molar-refractivity contribution >= 4 is 17.3 Å². The third-order valence-electron chi connectivity index (χ3n) is 3.42. The number of aliphatic hydroxyl groups is 1. The predicted molar refractivity (Wildman–Crippen MR) is 89.7 cm³/mol. The largest absolute Gasteiger partial charge is 0.464 e. The molecular formula is C16H21N3O2S. The normalized spacial score (nSPS) is 12.0. The van der Waals surface area contributed by atoms with Gasteiger partial charge in [0.25, 0.3) is 0 Å². The highest BCUT2D eigenvalue weighted by Crippen LogP contribution is 2.23. The van der Waals surface area contributed by atoms with Gasteiger partial charge in [0.15, 0.2) is 5.11 Å². The summed E-state index contributed by atoms with van der Waals surface area (Å²) in [6.07, 6.45) is 4.27. The lowest BCUT2D eigenvalue weighted by Crippen LogP contribution is -2.39. The van der Waals surface area contributed by atoms with Crippen molar-refractivity contribution in [2.75, 3.05) is 13.2 Å². The molecule has 0 bridgehead atoms. The van der Waals surface area contributed by atoms with E-state index in [2.05, 4.69) is 15.6 Å². The van der Waals surface area contributed by atoms with Gasteiger partial charge < -0.3 is 20.2 Å². The maximum Gasteiger partial charge on any atom is 0.166 e. The maximum atomic E-state index is 8.87. The van der Waals surface area contributed by atoms with Gasteiger partial charge in [-0.1, -0.05) is 0 Å². The van der Waals surface area contributed by atoms with Crippen LogP contribution in [-0.4, -0.2) is 28.4 Å². The van der Waals surface area contributed by atoms with E-state index in [-0.39, 0.29) is 12.6 Å². The standard InChI is InChI=1S/C16H21N3O2S/c1-11-9-15(21-12(11)2)14(19-16(22)18-7-8-20)10-13-3-5-17-6-4-13/h3-6,9,14,20H,7-8,10H2,1-2H3,(H2,18,19,22). The Morgan fingerprint density at radius 3 is 2.68 bits per heavy atom. The summed E-state index contributed by atoms with van der Waals surface area (Å²) in [5, 5.41) is 15.6. The van der Waals surface area contributed by atoms with Crippen LogP contribution in [0.2, 0.25) is 0 Å². The molecule has 1 atom stereocenters. The van der Waals surface area contributed by atoms with Gasteiger partial charge in [-0.15, -0.1) is 0 Å². The third-order valence-corrected chi connectivity index (χ3v) is 3.68. The van der Waals surface area contributed by atoms with Crippen molar-refractivity contribution in [1.82, 2.24) is 15.6 Å². The highest BCUT2D eigenvalue weighted by molar-refractivity contribution is 7.80. The average molecular weight is 319 g/mol. The van der Waals surface area contributed by atoms with E-state index in [0.29, 0.717) is 11.7 Å². The van der Waals surface area contributed by atoms with Gasteiger partial charge in [0.1, 0.15) is 11.5 Å². The molecule has 0 saturated heterocycles. The number of rotatable bonds is 6. The molecule has 0 aliphatic heterocycles. The molecule has 0 radical (unpaired) electrons. The molecule has 1 unspecified atom stereocenters. The van der Waals surface area contributed by atoms with Crippen LogP contribution >= 0.6 is 12.2 Å². The highest BCUT2D eigenvalue weighted by Gasteiger charge is 2.18. The van der Waals surface area contributed by atoms with E-state index in [4.69, 9.17) is 21.7 Å². The Balaban J connectivity index is 2.14. The molecule has 2 aromatic heterocycles. The van der Waals surface area contributed by atoms with Crippen LogP contribution in [0.25, 0.3) is 0 Å². The van der Waals surface area contributed by atoms with Crippen molar-refractivity contribution in [3.63, 3.8) is 0 Å². The summed E-state index contributed by atoms with van der Waals surface area (Å²) in [5.41, 5.74) is 2.26. The van der Waals surface area contributed by atoms with Crippen molar-refractivity contribution in [2.45, 2.75) is 26.3 Å². The summed E-state index contributed by atoms with van der Waals surface area (Å²) in [6, 6.07) is 5.90. The molecule has 0 fully saturated rings. The minimum absolute atomic E-state index is 0.0375. The van der Waals surface area contributed by atoms with Crippen molar-refractivity contribution in [1.29, 1.82) is 0 Å². The first kappa shape index (κ1) is 16.5. The molecule has 0 aliphatic rings. The highest BCUT2D eigenvalue weighted by atomic mass is 32.1. The summed E-state index contributed by atoms with van der Waals surface area (Å²) in [4.78, 5) is 4.04. The summed E-state index contributed by atoms with van der Waals surface area (Å²) in [6.45, 7) is 4.43. The van der Waals surface area contributed by atoms with Crippen molar-refractivity contribution < 1.29 is 9.52 Å². The van der Waals surface area contributed by atoms with Crippen LogP contribution < -0.4 is 10.6 Å². The summed E-state index contributed by atoms with van der Waals surface area (Å²) < 4.78 is 5.84. The molecule has 118 valence electrons. The van der Waals surface area contributed by atoms with E-state index in [1.165, 1.54) is 0 Å². The summed E-state index contributed by atoms with van der Waals surface area (Å²) in [5.74, 6) is 1.76. The number of nitrogens with zero attached hydrogens (tertiary/aromatic N) is 1. The molecule has 3 N–H and O–H groups in total. The Bertz CT molecular complexity index is 594. The van der Waals surface area contributed by atoms with Crippen molar-refractivity contribution in [3.8, 4) is 0 Å². The molecule has 22 heavy (non-hydrogen) atoms. The number of pyridine rings is 1. The van der Waals surface area contributed by atoms with Gasteiger partial charge in [0.05, 0.1) is 12.6 Å². The Labute approximate surface area is 135 Å². The molecule has 0 aliphatic carbocycles. The lowest BCUT2D eigenvalue weighted by Gasteiger charge is -2.19. The smallest absolute Gasteiger partial charge is 0.166 e. The second-order valence-electron chi connectivity index (χ2n) is 5.12. The van der Waals surface area contributed by atoms with Gasteiger partial charge in [-0.2, -0.15) is 0 Å². The molecule has 0 amide bonds. The SMILES string of the molecule is Cc1cc(C(Cc2ccncc2)NC(=S)NCCO)oc1C. The van der Waals surface area contributed by atoms with Gasteiger partial charge in [-0.05, 0) is 61.8 Å². The molecule has 6 heteroatoms. The zero-order valence-corrected chi connectivity index (χ0v) is 13.6. The first-order valence-electron chi connectivity index (χ1n) is 7.21. The van der Waals surface area contributed by atoms with Gasteiger partial charge >= 0.3 is 0 Å². The molecule has 0 aromatic carbocycles. The van der Waals surface area contributed by atoms with Crippen LogP contribution in [0.5, 0.6) is 0 Å². The number of furan rings is 1. The van der Waals surface area contributed by atoms with Crippen LogP contribution in [0.15, 0.2) is 35.0 Å². The Morgan fingerprint density at radius 1 is 1.36 bits per heavy atom. The lowest BCUT2D eigenvalue weighted by molar-refractivity contribution is 0.300. The first-order chi connectivity index (χ1) is 10.6. The Kier molecular flexibility index (Phi) is 5.91. The predicted octanol–water partition coefficient (Wildman–Crippen LogP) is 2.03. The molecule has 0 spiro atoms. The number of nitrogens with one attached hydrogen (secondary N) is 2. The fraction of sp³-hybridized carbons (Fsp3) is 0.375. The van der Waals surface area contributed by atoms with Gasteiger partial charge in [0, 0.05) is 18.9 Å². The van der Waals surface area contributed by atoms with Gasteiger partial charge in [-0.25, -0.2) is 0 Å². The maximum absolute atomic E-state index is 8.87. The monoisotopic (exact) mass is 319 g/mol. The summed E-state index contributed by atoms with van der Waals surface area (Å²) in [7, 11) is 0. The number of aliphatic hydroxyl groups excluding tert-OH is 1. The topological polar surface area (TPSA) is 70.3 Å². The molecule has 2 rings (SSSR count). The van der Waals surface area contributed by atoms with E-state index >= 15 is 0 Å². The lowest BCUT2D eigenvalue weighted by atomic mass is 10.0. The van der Waals surface area contributed by atoms with Crippen LogP contribution in [-0.2, 0) is 6.42 Å². The zero-order chi connectivity index (χ0) is 15.9. The van der Waals surface area contributed by atoms with Gasteiger partial charge in [-0.3, -0.25) is 4.98 Å². The number of hydrogen-bond acceptors (Lipinski definition) is 4. The number of thiocarbonyl (C=S) groups is 1. The Morgan fingerprint density at radius 2 is 2.09 bits per heavy atom. The second-order valence-corrected chi connectivity index (χ2v) is 5.53. The average Bonchev–Trinajstić information content (AvgIpc) is 2.85. The number of aromatic nitrogens is 1. The molecular weight excluding hydrogens is 298 g/mol. The molecule has 5 nitrogen and oxygen atoms in total. The molecule has 0 saturated carbocycles. The first-order valence-corrected chi connectivity index (χ1v) is 7.62. The van der Waals surface area contributed by atoms with Crippen LogP contribution in [0, 0.1) is 13.8 Å². The third kappa shape index (κ3) is 4.54. The van der Waals surface area contributed by atoms with Crippen LogP contribution in [0.4, 0.5) is 0 Å². The minimum atomic E-state index is -0.0755. The number of aryl methyl sites for hydroxylation is 2. The van der Waals surface area contributed by atoms with Gasteiger partial charge in [0.2, 0.25) is 0 Å². The summed E-state index contributed by atoms with van der Waals surface area (Å²) >= 11 is 5.26. The fourth-order valence-electron chi connectivity index (χ4n) is 2.13.